The van der Waals surface area contributed by atoms with Crippen molar-refractivity contribution < 1.29 is 9.50 Å². The summed E-state index contributed by atoms with van der Waals surface area (Å²) in [5.74, 6) is -0.444. The van der Waals surface area contributed by atoms with Crippen LogP contribution in [0.1, 0.15) is 22.8 Å². The first-order chi connectivity index (χ1) is 8.08. The van der Waals surface area contributed by atoms with E-state index < -0.39 is 11.9 Å². The van der Waals surface area contributed by atoms with E-state index in [1.54, 1.807) is 6.07 Å². The van der Waals surface area contributed by atoms with Crippen LogP contribution in [0.25, 0.3) is 0 Å². The van der Waals surface area contributed by atoms with E-state index in [0.29, 0.717) is 5.56 Å². The summed E-state index contributed by atoms with van der Waals surface area (Å²) in [4.78, 5) is 0. The summed E-state index contributed by atoms with van der Waals surface area (Å²) in [6.07, 6.45) is -0.857. The van der Waals surface area contributed by atoms with Gasteiger partial charge in [-0.25, -0.2) is 4.39 Å². The van der Waals surface area contributed by atoms with Gasteiger partial charge in [-0.05, 0) is 41.8 Å². The number of aryl methyl sites for hydroxylation is 1. The maximum atomic E-state index is 13.2. The van der Waals surface area contributed by atoms with Gasteiger partial charge in [-0.15, -0.1) is 0 Å². The maximum absolute atomic E-state index is 13.2. The molecule has 0 saturated carbocycles. The molecule has 0 spiro atoms. The van der Waals surface area contributed by atoms with E-state index in [1.807, 2.05) is 31.2 Å². The number of hydrogen-bond acceptors (Lipinski definition) is 1. The van der Waals surface area contributed by atoms with Crippen molar-refractivity contribution in [2.45, 2.75) is 13.0 Å². The molecule has 1 nitrogen and oxygen atoms in total. The van der Waals surface area contributed by atoms with Crippen LogP contribution in [0.5, 0.6) is 0 Å². The molecule has 0 radical (unpaired) electrons. The van der Waals surface area contributed by atoms with Gasteiger partial charge in [0.1, 0.15) is 11.9 Å². The first-order valence-electron chi connectivity index (χ1n) is 5.27. The molecule has 3 heteroatoms. The Hall–Kier alpha value is -1.38. The second-order valence-corrected chi connectivity index (χ2v) is 4.40. The van der Waals surface area contributed by atoms with Crippen LogP contribution in [0.2, 0.25) is 5.02 Å². The Balaban J connectivity index is 2.43. The number of aliphatic hydroxyl groups excluding tert-OH is 1. The first kappa shape index (κ1) is 12.1. The second kappa shape index (κ2) is 4.86. The van der Waals surface area contributed by atoms with E-state index in [2.05, 4.69) is 0 Å². The zero-order valence-electron chi connectivity index (χ0n) is 9.32. The van der Waals surface area contributed by atoms with Gasteiger partial charge in [0.2, 0.25) is 0 Å². The van der Waals surface area contributed by atoms with Crippen LogP contribution in [0.15, 0.2) is 42.5 Å². The van der Waals surface area contributed by atoms with Crippen molar-refractivity contribution in [3.8, 4) is 0 Å². The quantitative estimate of drug-likeness (QED) is 0.858. The Bertz CT molecular complexity index is 519. The fourth-order valence-electron chi connectivity index (χ4n) is 1.81. The SMILES string of the molecule is Cc1ccccc1C(O)c1cc(F)cc(Cl)c1. The summed E-state index contributed by atoms with van der Waals surface area (Å²) in [7, 11) is 0. The Morgan fingerprint density at radius 3 is 2.53 bits per heavy atom. The molecule has 2 aromatic carbocycles. The van der Waals surface area contributed by atoms with Crippen molar-refractivity contribution in [1.82, 2.24) is 0 Å². The van der Waals surface area contributed by atoms with E-state index in [0.717, 1.165) is 11.1 Å². The molecule has 0 aromatic heterocycles. The molecule has 0 heterocycles. The Labute approximate surface area is 104 Å². The molecule has 0 aliphatic rings. The summed E-state index contributed by atoms with van der Waals surface area (Å²) >= 11 is 5.77. The number of aliphatic hydroxyl groups is 1. The third-order valence-electron chi connectivity index (χ3n) is 2.68. The molecule has 1 atom stereocenters. The number of hydrogen-bond donors (Lipinski definition) is 1. The highest BCUT2D eigenvalue weighted by Crippen LogP contribution is 2.27. The summed E-state index contributed by atoms with van der Waals surface area (Å²) in [6, 6.07) is 11.5. The highest BCUT2D eigenvalue weighted by molar-refractivity contribution is 6.30. The smallest absolute Gasteiger partial charge is 0.125 e. The molecule has 0 bridgehead atoms. The minimum atomic E-state index is -0.857. The van der Waals surface area contributed by atoms with E-state index >= 15 is 0 Å². The van der Waals surface area contributed by atoms with Gasteiger partial charge in [-0.3, -0.25) is 0 Å². The average Bonchev–Trinajstić information content (AvgIpc) is 2.27. The Kier molecular flexibility index (Phi) is 3.46. The topological polar surface area (TPSA) is 20.2 Å². The summed E-state index contributed by atoms with van der Waals surface area (Å²) < 4.78 is 13.2. The lowest BCUT2D eigenvalue weighted by atomic mass is 9.97. The standard InChI is InChI=1S/C14H12ClFO/c1-9-4-2-3-5-13(9)14(17)10-6-11(15)8-12(16)7-10/h2-8,14,17H,1H3. The predicted molar refractivity (Wildman–Crippen MR) is 66.7 cm³/mol. The van der Waals surface area contributed by atoms with Gasteiger partial charge >= 0.3 is 0 Å². The van der Waals surface area contributed by atoms with Crippen molar-refractivity contribution in [2.75, 3.05) is 0 Å². The molecule has 2 rings (SSSR count). The van der Waals surface area contributed by atoms with Crippen LogP contribution in [0.4, 0.5) is 4.39 Å². The number of benzene rings is 2. The predicted octanol–water partition coefficient (Wildman–Crippen LogP) is 3.87. The van der Waals surface area contributed by atoms with Gasteiger partial charge < -0.3 is 5.11 Å². The zero-order valence-corrected chi connectivity index (χ0v) is 10.1. The molecular weight excluding hydrogens is 239 g/mol. The molecule has 1 N–H and O–H groups in total. The van der Waals surface area contributed by atoms with Gasteiger partial charge in [-0.2, -0.15) is 0 Å². The summed E-state index contributed by atoms with van der Waals surface area (Å²) in [5, 5.41) is 10.5. The Morgan fingerprint density at radius 1 is 1.18 bits per heavy atom. The first-order valence-corrected chi connectivity index (χ1v) is 5.65. The molecule has 1 unspecified atom stereocenters. The third kappa shape index (κ3) is 2.65. The van der Waals surface area contributed by atoms with Gasteiger partial charge in [0.05, 0.1) is 0 Å². The maximum Gasteiger partial charge on any atom is 0.125 e. The molecule has 0 aliphatic carbocycles. The highest BCUT2D eigenvalue weighted by atomic mass is 35.5. The number of halogens is 2. The normalized spacial score (nSPS) is 12.5. The molecule has 17 heavy (non-hydrogen) atoms. The van der Waals surface area contributed by atoms with Gasteiger partial charge in [0.25, 0.3) is 0 Å². The lowest BCUT2D eigenvalue weighted by Crippen LogP contribution is -2.02. The van der Waals surface area contributed by atoms with Gasteiger partial charge in [0.15, 0.2) is 0 Å². The van der Waals surface area contributed by atoms with Gasteiger partial charge in [-0.1, -0.05) is 35.9 Å². The summed E-state index contributed by atoms with van der Waals surface area (Å²) in [5.41, 5.74) is 2.18. The fourth-order valence-corrected chi connectivity index (χ4v) is 2.04. The fraction of sp³-hybridized carbons (Fsp3) is 0.143. The monoisotopic (exact) mass is 250 g/mol. The highest BCUT2D eigenvalue weighted by Gasteiger charge is 2.13. The summed E-state index contributed by atoms with van der Waals surface area (Å²) in [6.45, 7) is 1.90. The average molecular weight is 251 g/mol. The molecule has 0 saturated heterocycles. The third-order valence-corrected chi connectivity index (χ3v) is 2.90. The Morgan fingerprint density at radius 2 is 1.88 bits per heavy atom. The van der Waals surface area contributed by atoms with Crippen molar-refractivity contribution in [3.63, 3.8) is 0 Å². The van der Waals surface area contributed by atoms with Crippen molar-refractivity contribution in [3.05, 3.63) is 70.0 Å². The molecule has 88 valence electrons. The van der Waals surface area contributed by atoms with E-state index in [1.165, 1.54) is 12.1 Å². The van der Waals surface area contributed by atoms with Crippen molar-refractivity contribution in [2.24, 2.45) is 0 Å². The van der Waals surface area contributed by atoms with E-state index in [4.69, 9.17) is 11.6 Å². The van der Waals surface area contributed by atoms with Crippen LogP contribution in [-0.2, 0) is 0 Å². The van der Waals surface area contributed by atoms with Crippen molar-refractivity contribution >= 4 is 11.6 Å². The lowest BCUT2D eigenvalue weighted by molar-refractivity contribution is 0.219. The molecule has 0 aliphatic heterocycles. The van der Waals surface area contributed by atoms with E-state index in [9.17, 15) is 9.50 Å². The van der Waals surface area contributed by atoms with Crippen LogP contribution < -0.4 is 0 Å². The second-order valence-electron chi connectivity index (χ2n) is 3.96. The van der Waals surface area contributed by atoms with Crippen molar-refractivity contribution in [1.29, 1.82) is 0 Å². The zero-order chi connectivity index (χ0) is 12.4. The van der Waals surface area contributed by atoms with E-state index in [-0.39, 0.29) is 5.02 Å². The van der Waals surface area contributed by atoms with Crippen LogP contribution in [0.3, 0.4) is 0 Å². The molecule has 0 fully saturated rings. The molecule has 0 amide bonds. The minimum absolute atomic E-state index is 0.285. The number of rotatable bonds is 2. The van der Waals surface area contributed by atoms with Gasteiger partial charge in [0, 0.05) is 5.02 Å². The van der Waals surface area contributed by atoms with Crippen LogP contribution in [-0.4, -0.2) is 5.11 Å². The molecular formula is C14H12ClFO. The lowest BCUT2D eigenvalue weighted by Gasteiger charge is -2.14. The largest absolute Gasteiger partial charge is 0.384 e. The van der Waals surface area contributed by atoms with Crippen LogP contribution in [0, 0.1) is 12.7 Å². The molecule has 2 aromatic rings. The van der Waals surface area contributed by atoms with Crippen LogP contribution >= 0.6 is 11.6 Å². The minimum Gasteiger partial charge on any atom is -0.384 e.